The summed E-state index contributed by atoms with van der Waals surface area (Å²) in [7, 11) is 0. The van der Waals surface area contributed by atoms with Crippen LogP contribution in [0.15, 0.2) is 0 Å². The molecule has 1 rings (SSSR count). The SMILES string of the molecule is [C-]#[N+]CCC1CCN(C(=O)OC(C)(C)C)CC1C. The van der Waals surface area contributed by atoms with Gasteiger partial charge in [0, 0.05) is 19.5 Å². The second-order valence-electron chi connectivity index (χ2n) is 6.12. The molecular weight excluding hydrogens is 228 g/mol. The molecule has 0 aliphatic carbocycles. The van der Waals surface area contributed by atoms with Crippen LogP contribution in [0.3, 0.4) is 0 Å². The molecule has 1 aliphatic rings. The van der Waals surface area contributed by atoms with Crippen LogP contribution in [-0.2, 0) is 4.74 Å². The predicted molar refractivity (Wildman–Crippen MR) is 71.2 cm³/mol. The van der Waals surface area contributed by atoms with Gasteiger partial charge in [-0.1, -0.05) is 6.92 Å². The minimum Gasteiger partial charge on any atom is -0.444 e. The highest BCUT2D eigenvalue weighted by atomic mass is 16.6. The van der Waals surface area contributed by atoms with Gasteiger partial charge >= 0.3 is 6.09 Å². The Morgan fingerprint density at radius 3 is 2.67 bits per heavy atom. The van der Waals surface area contributed by atoms with E-state index < -0.39 is 5.60 Å². The molecule has 0 N–H and O–H groups in total. The van der Waals surface area contributed by atoms with E-state index in [2.05, 4.69) is 11.8 Å². The zero-order valence-corrected chi connectivity index (χ0v) is 11.9. The largest absolute Gasteiger partial charge is 0.444 e. The van der Waals surface area contributed by atoms with Crippen LogP contribution in [0.5, 0.6) is 0 Å². The van der Waals surface area contributed by atoms with Gasteiger partial charge < -0.3 is 14.5 Å². The van der Waals surface area contributed by atoms with E-state index in [-0.39, 0.29) is 6.09 Å². The number of amides is 1. The number of hydrogen-bond acceptors (Lipinski definition) is 2. The van der Waals surface area contributed by atoms with Crippen molar-refractivity contribution < 1.29 is 9.53 Å². The van der Waals surface area contributed by atoms with Gasteiger partial charge in [-0.15, -0.1) is 0 Å². The van der Waals surface area contributed by atoms with Crippen LogP contribution in [-0.4, -0.2) is 36.2 Å². The molecule has 4 heteroatoms. The first-order valence-corrected chi connectivity index (χ1v) is 6.64. The summed E-state index contributed by atoms with van der Waals surface area (Å²) in [5.74, 6) is 1.02. The lowest BCUT2D eigenvalue weighted by molar-refractivity contribution is 0.0114. The molecule has 0 aromatic rings. The summed E-state index contributed by atoms with van der Waals surface area (Å²) in [5, 5.41) is 0. The third-order valence-electron chi connectivity index (χ3n) is 3.35. The lowest BCUT2D eigenvalue weighted by Gasteiger charge is -2.37. The fourth-order valence-corrected chi connectivity index (χ4v) is 2.35. The fourth-order valence-electron chi connectivity index (χ4n) is 2.35. The van der Waals surface area contributed by atoms with Crippen molar-refractivity contribution >= 4 is 6.09 Å². The zero-order valence-electron chi connectivity index (χ0n) is 11.9. The molecule has 4 nitrogen and oxygen atoms in total. The van der Waals surface area contributed by atoms with Crippen LogP contribution in [0.1, 0.15) is 40.5 Å². The van der Waals surface area contributed by atoms with Crippen molar-refractivity contribution in [3.8, 4) is 0 Å². The third-order valence-corrected chi connectivity index (χ3v) is 3.35. The van der Waals surface area contributed by atoms with Gasteiger partial charge in [0.1, 0.15) is 5.60 Å². The van der Waals surface area contributed by atoms with Gasteiger partial charge in [0.15, 0.2) is 0 Å². The molecule has 1 saturated heterocycles. The van der Waals surface area contributed by atoms with Crippen molar-refractivity contribution in [2.24, 2.45) is 11.8 Å². The Morgan fingerprint density at radius 2 is 2.17 bits per heavy atom. The van der Waals surface area contributed by atoms with E-state index in [9.17, 15) is 4.79 Å². The molecule has 0 spiro atoms. The molecule has 0 saturated carbocycles. The van der Waals surface area contributed by atoms with Crippen LogP contribution < -0.4 is 0 Å². The Kier molecular flexibility index (Phi) is 5.01. The van der Waals surface area contributed by atoms with Crippen LogP contribution in [0.25, 0.3) is 4.85 Å². The summed E-state index contributed by atoms with van der Waals surface area (Å²) in [5.41, 5.74) is -0.429. The Labute approximate surface area is 110 Å². The van der Waals surface area contributed by atoms with E-state index in [0.717, 1.165) is 25.9 Å². The van der Waals surface area contributed by atoms with Gasteiger partial charge in [0.25, 0.3) is 0 Å². The summed E-state index contributed by atoms with van der Waals surface area (Å²) < 4.78 is 5.38. The smallest absolute Gasteiger partial charge is 0.410 e. The van der Waals surface area contributed by atoms with Crippen LogP contribution in [0, 0.1) is 18.4 Å². The molecule has 0 aromatic heterocycles. The maximum atomic E-state index is 11.9. The van der Waals surface area contributed by atoms with Crippen molar-refractivity contribution in [1.29, 1.82) is 0 Å². The normalized spacial score (nSPS) is 24.5. The number of hydrogen-bond donors (Lipinski definition) is 0. The van der Waals surface area contributed by atoms with E-state index in [1.165, 1.54) is 0 Å². The Hall–Kier alpha value is -1.24. The Bertz CT molecular complexity index is 328. The number of ether oxygens (including phenoxy) is 1. The summed E-state index contributed by atoms with van der Waals surface area (Å²) >= 11 is 0. The molecule has 1 heterocycles. The van der Waals surface area contributed by atoms with Crippen molar-refractivity contribution in [2.45, 2.75) is 46.1 Å². The van der Waals surface area contributed by atoms with Crippen LogP contribution in [0.4, 0.5) is 4.79 Å². The summed E-state index contributed by atoms with van der Waals surface area (Å²) in [4.78, 5) is 17.1. The standard InChI is InChI=1S/C14H24N2O2/c1-11-10-16(13(17)18-14(2,3)4)9-7-12(11)6-8-15-5/h11-12H,6-10H2,1-4H3. The van der Waals surface area contributed by atoms with Crippen LogP contribution in [0.2, 0.25) is 0 Å². The van der Waals surface area contributed by atoms with Crippen molar-refractivity contribution in [3.05, 3.63) is 11.4 Å². The highest BCUT2D eigenvalue weighted by Gasteiger charge is 2.31. The topological polar surface area (TPSA) is 33.9 Å². The number of likely N-dealkylation sites (tertiary alicyclic amines) is 1. The molecule has 0 radical (unpaired) electrons. The van der Waals surface area contributed by atoms with Gasteiger partial charge in [-0.2, -0.15) is 0 Å². The van der Waals surface area contributed by atoms with E-state index in [0.29, 0.717) is 18.4 Å². The minimum atomic E-state index is -0.429. The molecule has 2 unspecified atom stereocenters. The molecular formula is C14H24N2O2. The van der Waals surface area contributed by atoms with E-state index in [1.807, 2.05) is 20.8 Å². The molecule has 1 amide bonds. The molecule has 1 aliphatic heterocycles. The first-order valence-electron chi connectivity index (χ1n) is 6.64. The Morgan fingerprint density at radius 1 is 1.50 bits per heavy atom. The molecule has 0 bridgehead atoms. The van der Waals surface area contributed by atoms with Gasteiger partial charge in [-0.25, -0.2) is 11.4 Å². The maximum Gasteiger partial charge on any atom is 0.410 e. The number of rotatable bonds is 2. The second-order valence-corrected chi connectivity index (χ2v) is 6.12. The minimum absolute atomic E-state index is 0.210. The second kappa shape index (κ2) is 6.08. The zero-order chi connectivity index (χ0) is 13.8. The molecule has 102 valence electrons. The Balaban J connectivity index is 2.45. The van der Waals surface area contributed by atoms with E-state index >= 15 is 0 Å². The molecule has 18 heavy (non-hydrogen) atoms. The maximum absolute atomic E-state index is 11.9. The molecule has 2 atom stereocenters. The fraction of sp³-hybridized carbons (Fsp3) is 0.857. The van der Waals surface area contributed by atoms with Crippen LogP contribution >= 0.6 is 0 Å². The molecule has 0 aromatic carbocycles. The molecule has 1 fully saturated rings. The monoisotopic (exact) mass is 252 g/mol. The number of carbonyl (C=O) groups is 1. The highest BCUT2D eigenvalue weighted by molar-refractivity contribution is 5.68. The van der Waals surface area contributed by atoms with Crippen molar-refractivity contribution in [1.82, 2.24) is 4.90 Å². The van der Waals surface area contributed by atoms with Crippen molar-refractivity contribution in [2.75, 3.05) is 19.6 Å². The number of nitrogens with zero attached hydrogens (tertiary/aromatic N) is 2. The van der Waals surface area contributed by atoms with Gasteiger partial charge in [0.05, 0.1) is 0 Å². The van der Waals surface area contributed by atoms with Gasteiger partial charge in [-0.3, -0.25) is 0 Å². The number of carbonyl (C=O) groups excluding carboxylic acids is 1. The first-order chi connectivity index (χ1) is 8.33. The van der Waals surface area contributed by atoms with E-state index in [4.69, 9.17) is 11.3 Å². The quantitative estimate of drug-likeness (QED) is 0.707. The highest BCUT2D eigenvalue weighted by Crippen LogP contribution is 2.27. The van der Waals surface area contributed by atoms with E-state index in [1.54, 1.807) is 4.90 Å². The predicted octanol–water partition coefficient (Wildman–Crippen LogP) is 3.19. The summed E-state index contributed by atoms with van der Waals surface area (Å²) in [6.45, 7) is 16.7. The van der Waals surface area contributed by atoms with Gasteiger partial charge in [-0.05, 0) is 39.0 Å². The van der Waals surface area contributed by atoms with Crippen molar-refractivity contribution in [3.63, 3.8) is 0 Å². The van der Waals surface area contributed by atoms with Gasteiger partial charge in [0.2, 0.25) is 6.54 Å². The first kappa shape index (κ1) is 14.8. The summed E-state index contributed by atoms with van der Waals surface area (Å²) in [6, 6.07) is 0. The third kappa shape index (κ3) is 4.56. The summed E-state index contributed by atoms with van der Waals surface area (Å²) in [6.07, 6.45) is 1.72. The average molecular weight is 252 g/mol. The average Bonchev–Trinajstić information content (AvgIpc) is 2.25. The number of piperidine rings is 1. The lowest BCUT2D eigenvalue weighted by Crippen LogP contribution is -2.45. The lowest BCUT2D eigenvalue weighted by atomic mass is 9.84.